The van der Waals surface area contributed by atoms with Crippen LogP contribution in [0.15, 0.2) is 12.3 Å². The summed E-state index contributed by atoms with van der Waals surface area (Å²) in [6.45, 7) is 3.76. The predicted octanol–water partition coefficient (Wildman–Crippen LogP) is 0.850. The largest absolute Gasteiger partial charge is 0.472 e. The zero-order valence-electron chi connectivity index (χ0n) is 19.6. The molecule has 2 aliphatic rings. The summed E-state index contributed by atoms with van der Waals surface area (Å²) in [6.07, 6.45) is 5.14. The van der Waals surface area contributed by atoms with Gasteiger partial charge in [0, 0.05) is 31.3 Å². The van der Waals surface area contributed by atoms with Gasteiger partial charge in [0.15, 0.2) is 0 Å². The minimum atomic E-state index is -3.43. The number of hydrogen-bond donors (Lipinski definition) is 2. The van der Waals surface area contributed by atoms with E-state index in [1.54, 1.807) is 17.9 Å². The molecule has 2 N–H and O–H groups in total. The fraction of sp³-hybridized carbons (Fsp3) is 0.652. The summed E-state index contributed by atoms with van der Waals surface area (Å²) in [4.78, 5) is 19.3. The summed E-state index contributed by atoms with van der Waals surface area (Å²) in [6, 6.07) is 1.13. The van der Waals surface area contributed by atoms with Crippen LogP contribution in [-0.2, 0) is 10.0 Å². The van der Waals surface area contributed by atoms with Gasteiger partial charge in [-0.1, -0.05) is 18.8 Å². The predicted molar refractivity (Wildman–Crippen MR) is 123 cm³/mol. The van der Waals surface area contributed by atoms with Gasteiger partial charge in [-0.25, -0.2) is 17.7 Å². The Morgan fingerprint density at radius 3 is 2.67 bits per heavy atom. The molecule has 182 valence electrons. The second-order valence-corrected chi connectivity index (χ2v) is 11.3. The first-order chi connectivity index (χ1) is 15.4. The molecule has 33 heavy (non-hydrogen) atoms. The molecule has 0 radical (unpaired) electrons. The van der Waals surface area contributed by atoms with Crippen LogP contribution in [0.2, 0.25) is 0 Å². The van der Waals surface area contributed by atoms with E-state index in [0.29, 0.717) is 18.4 Å². The lowest BCUT2D eigenvalue weighted by molar-refractivity contribution is 0.0373. The van der Waals surface area contributed by atoms with E-state index in [0.717, 1.165) is 19.1 Å². The molecule has 3 rings (SSSR count). The molecule has 1 aromatic heterocycles. The third-order valence-corrected chi connectivity index (χ3v) is 7.68. The smallest absolute Gasteiger partial charge is 0.259 e. The molecule has 1 saturated carbocycles. The summed E-state index contributed by atoms with van der Waals surface area (Å²) in [5.41, 5.74) is -0.348. The van der Waals surface area contributed by atoms with Crippen LogP contribution in [0.3, 0.4) is 0 Å². The number of rotatable bonds is 5. The fourth-order valence-electron chi connectivity index (χ4n) is 4.05. The maximum Gasteiger partial charge on any atom is 0.259 e. The molecule has 1 fully saturated rings. The van der Waals surface area contributed by atoms with Gasteiger partial charge in [0.2, 0.25) is 15.9 Å². The number of aromatic nitrogens is 1. The molecule has 3 atom stereocenters. The highest BCUT2D eigenvalue weighted by Crippen LogP contribution is 2.30. The monoisotopic (exact) mass is 479 g/mol. The number of carbonyl (C=O) groups is 1. The van der Waals surface area contributed by atoms with Crippen LogP contribution < -0.4 is 4.74 Å². The van der Waals surface area contributed by atoms with Crippen molar-refractivity contribution in [3.8, 4) is 17.7 Å². The van der Waals surface area contributed by atoms with E-state index in [-0.39, 0.29) is 43.0 Å². The number of pyridine rings is 1. The number of ether oxygens (including phenoxy) is 1. The molecule has 0 spiro atoms. The molecule has 1 amide bonds. The maximum atomic E-state index is 13.4. The molecule has 9 nitrogen and oxygen atoms in total. The quantitative estimate of drug-likeness (QED) is 0.601. The molecule has 0 saturated heterocycles. The molecule has 10 heteroatoms. The number of nitrogens with zero attached hydrogens (tertiary/aromatic N) is 3. The summed E-state index contributed by atoms with van der Waals surface area (Å²) in [5.74, 6) is 5.38. The fourth-order valence-corrected chi connectivity index (χ4v) is 4.47. The second-order valence-electron chi connectivity index (χ2n) is 9.23. The van der Waals surface area contributed by atoms with Crippen molar-refractivity contribution in [3.05, 3.63) is 23.4 Å². The van der Waals surface area contributed by atoms with E-state index in [2.05, 4.69) is 16.8 Å². The number of fused-ring (bicyclic) bond motifs is 1. The van der Waals surface area contributed by atoms with Gasteiger partial charge in [-0.05, 0) is 38.7 Å². The average Bonchev–Trinajstić information content (AvgIpc) is 3.20. The van der Waals surface area contributed by atoms with Crippen LogP contribution in [0.4, 0.5) is 0 Å². The molecule has 1 aliphatic heterocycles. The van der Waals surface area contributed by atoms with Crippen LogP contribution >= 0.6 is 0 Å². The number of sulfonamides is 1. The van der Waals surface area contributed by atoms with Crippen molar-refractivity contribution in [3.63, 3.8) is 0 Å². The zero-order chi connectivity index (χ0) is 24.4. The molecule has 0 aromatic carbocycles. The SMILES string of the molecule is C[C@@H]1CN([C@@H](C)CO)C(=O)c2cc(C#CC3(O)CCCC3)cnc2O[C@@H]1CN(C)S(C)(=O)=O. The van der Waals surface area contributed by atoms with Crippen LogP contribution in [0, 0.1) is 17.8 Å². The lowest BCUT2D eigenvalue weighted by Gasteiger charge is -2.37. The number of aliphatic hydroxyl groups excluding tert-OH is 1. The normalized spacial score (nSPS) is 23.7. The first-order valence-electron chi connectivity index (χ1n) is 11.2. The zero-order valence-corrected chi connectivity index (χ0v) is 20.4. The van der Waals surface area contributed by atoms with E-state index in [4.69, 9.17) is 4.74 Å². The highest BCUT2D eigenvalue weighted by atomic mass is 32.2. The average molecular weight is 480 g/mol. The highest BCUT2D eigenvalue weighted by molar-refractivity contribution is 7.88. The topological polar surface area (TPSA) is 120 Å². The van der Waals surface area contributed by atoms with Gasteiger partial charge in [0.05, 0.1) is 25.4 Å². The Labute approximate surface area is 195 Å². The Morgan fingerprint density at radius 1 is 1.39 bits per heavy atom. The highest BCUT2D eigenvalue weighted by Gasteiger charge is 2.35. The Bertz CT molecular complexity index is 1040. The first kappa shape index (κ1) is 25.4. The third-order valence-electron chi connectivity index (χ3n) is 6.39. The lowest BCUT2D eigenvalue weighted by atomic mass is 10.00. The Balaban J connectivity index is 1.99. The minimum Gasteiger partial charge on any atom is -0.472 e. The van der Waals surface area contributed by atoms with E-state index < -0.39 is 27.8 Å². The van der Waals surface area contributed by atoms with Gasteiger partial charge in [0.1, 0.15) is 17.3 Å². The minimum absolute atomic E-state index is 0.0885. The van der Waals surface area contributed by atoms with Crippen molar-refractivity contribution in [2.45, 2.75) is 57.3 Å². The van der Waals surface area contributed by atoms with E-state index >= 15 is 0 Å². The summed E-state index contributed by atoms with van der Waals surface area (Å²) in [7, 11) is -1.95. The van der Waals surface area contributed by atoms with Gasteiger partial charge in [-0.15, -0.1) is 0 Å². The Morgan fingerprint density at radius 2 is 2.06 bits per heavy atom. The third kappa shape index (κ3) is 6.03. The van der Waals surface area contributed by atoms with Crippen LogP contribution in [0.25, 0.3) is 0 Å². The van der Waals surface area contributed by atoms with Gasteiger partial charge >= 0.3 is 0 Å². The van der Waals surface area contributed by atoms with Gasteiger partial charge in [0.25, 0.3) is 5.91 Å². The standard InChI is InChI=1S/C23H33N3O6S/c1-16-13-26(17(2)15-27)22(28)19-11-18(7-10-23(29)8-5-6-9-23)12-24-21(19)32-20(16)14-25(3)33(4,30)31/h11-12,16-17,20,27,29H,5-6,8-9,13-15H2,1-4H3/t16-,17+,20-/m1/s1. The van der Waals surface area contributed by atoms with Crippen molar-refractivity contribution >= 4 is 15.9 Å². The molecule has 1 aromatic rings. The van der Waals surface area contributed by atoms with Crippen LogP contribution in [0.1, 0.15) is 55.5 Å². The number of hydrogen-bond acceptors (Lipinski definition) is 7. The molecular weight excluding hydrogens is 446 g/mol. The van der Waals surface area contributed by atoms with E-state index in [1.165, 1.54) is 17.5 Å². The van der Waals surface area contributed by atoms with Crippen molar-refractivity contribution in [2.24, 2.45) is 5.92 Å². The van der Waals surface area contributed by atoms with Gasteiger partial charge < -0.3 is 19.8 Å². The molecule has 1 aliphatic carbocycles. The number of aliphatic hydroxyl groups is 2. The number of carbonyl (C=O) groups excluding carboxylic acids is 1. The summed E-state index contributed by atoms with van der Waals surface area (Å²) >= 11 is 0. The molecule has 0 unspecified atom stereocenters. The van der Waals surface area contributed by atoms with Gasteiger partial charge in [-0.2, -0.15) is 0 Å². The van der Waals surface area contributed by atoms with Crippen molar-refractivity contribution in [2.75, 3.05) is 33.0 Å². The lowest BCUT2D eigenvalue weighted by Crippen LogP contribution is -2.50. The maximum absolute atomic E-state index is 13.4. The van der Waals surface area contributed by atoms with Crippen molar-refractivity contribution in [1.82, 2.24) is 14.2 Å². The van der Waals surface area contributed by atoms with Crippen LogP contribution in [0.5, 0.6) is 5.88 Å². The van der Waals surface area contributed by atoms with E-state index in [9.17, 15) is 23.4 Å². The van der Waals surface area contributed by atoms with Gasteiger partial charge in [-0.3, -0.25) is 4.79 Å². The molecule has 0 bridgehead atoms. The summed E-state index contributed by atoms with van der Waals surface area (Å²) in [5, 5.41) is 20.2. The van der Waals surface area contributed by atoms with Crippen LogP contribution in [-0.4, -0.2) is 89.5 Å². The second kappa shape index (κ2) is 9.97. The summed E-state index contributed by atoms with van der Waals surface area (Å²) < 4.78 is 31.2. The van der Waals surface area contributed by atoms with Crippen molar-refractivity contribution < 1.29 is 28.2 Å². The van der Waals surface area contributed by atoms with Crippen molar-refractivity contribution in [1.29, 1.82) is 0 Å². The number of amides is 1. The first-order valence-corrected chi connectivity index (χ1v) is 13.0. The molecule has 2 heterocycles. The Hall–Kier alpha value is -2.19. The Kier molecular flexibility index (Phi) is 7.69. The molecular formula is C23H33N3O6S. The van der Waals surface area contributed by atoms with E-state index in [1.807, 2.05) is 6.92 Å². The number of likely N-dealkylation sites (N-methyl/N-ethyl adjacent to an activating group) is 1.